The summed E-state index contributed by atoms with van der Waals surface area (Å²) < 4.78 is 22.1. The van der Waals surface area contributed by atoms with Gasteiger partial charge >= 0.3 is 0 Å². The number of hydrogen-bond acceptors (Lipinski definition) is 2. The van der Waals surface area contributed by atoms with Gasteiger partial charge in [0.15, 0.2) is 9.84 Å². The summed E-state index contributed by atoms with van der Waals surface area (Å²) in [5.74, 6) is 0. The Kier molecular flexibility index (Phi) is 2.75. The van der Waals surface area contributed by atoms with Crippen LogP contribution in [0.2, 0.25) is 0 Å². The SMILES string of the molecule is CS(=O)(=O)C1=CC=C(Cl)CC=C1. The fourth-order valence-corrected chi connectivity index (χ4v) is 1.64. The summed E-state index contributed by atoms with van der Waals surface area (Å²) in [7, 11) is -3.10. The van der Waals surface area contributed by atoms with Crippen molar-refractivity contribution in [1.29, 1.82) is 0 Å². The predicted molar refractivity (Wildman–Crippen MR) is 50.6 cm³/mol. The summed E-state index contributed by atoms with van der Waals surface area (Å²) in [5, 5.41) is 0.643. The normalized spacial score (nSPS) is 18.2. The molecule has 0 N–H and O–H groups in total. The molecule has 0 saturated carbocycles. The quantitative estimate of drug-likeness (QED) is 0.655. The Bertz CT molecular complexity index is 361. The van der Waals surface area contributed by atoms with Gasteiger partial charge in [0.1, 0.15) is 0 Å². The highest BCUT2D eigenvalue weighted by molar-refractivity contribution is 7.94. The molecule has 12 heavy (non-hydrogen) atoms. The second kappa shape index (κ2) is 3.46. The molecule has 1 rings (SSSR count). The highest BCUT2D eigenvalue weighted by Gasteiger charge is 2.07. The molecule has 2 nitrogen and oxygen atoms in total. The van der Waals surface area contributed by atoms with Crippen molar-refractivity contribution in [3.63, 3.8) is 0 Å². The summed E-state index contributed by atoms with van der Waals surface area (Å²) in [5.41, 5.74) is 0. The Hall–Kier alpha value is -0.540. The molecule has 0 aromatic rings. The van der Waals surface area contributed by atoms with Crippen molar-refractivity contribution >= 4 is 21.4 Å². The van der Waals surface area contributed by atoms with Gasteiger partial charge < -0.3 is 0 Å². The van der Waals surface area contributed by atoms with Crippen molar-refractivity contribution in [3.05, 3.63) is 34.2 Å². The van der Waals surface area contributed by atoms with Gasteiger partial charge in [0.25, 0.3) is 0 Å². The van der Waals surface area contributed by atoms with E-state index in [1.54, 1.807) is 18.2 Å². The molecule has 1 aliphatic carbocycles. The van der Waals surface area contributed by atoms with E-state index in [9.17, 15) is 8.42 Å². The van der Waals surface area contributed by atoms with E-state index >= 15 is 0 Å². The molecule has 0 aliphatic heterocycles. The first kappa shape index (κ1) is 9.55. The number of halogens is 1. The summed E-state index contributed by atoms with van der Waals surface area (Å²) in [6, 6.07) is 0. The molecular formula is C8H9ClO2S. The van der Waals surface area contributed by atoms with Gasteiger partial charge in [-0.15, -0.1) is 0 Å². The van der Waals surface area contributed by atoms with E-state index in [1.165, 1.54) is 12.3 Å². The van der Waals surface area contributed by atoms with Crippen LogP contribution in [-0.2, 0) is 9.84 Å². The van der Waals surface area contributed by atoms with Crippen LogP contribution in [0.25, 0.3) is 0 Å². The van der Waals surface area contributed by atoms with Gasteiger partial charge in [0.05, 0.1) is 4.91 Å². The van der Waals surface area contributed by atoms with Crippen molar-refractivity contribution in [2.24, 2.45) is 0 Å². The van der Waals surface area contributed by atoms with Gasteiger partial charge in [-0.3, -0.25) is 0 Å². The summed E-state index contributed by atoms with van der Waals surface area (Å²) >= 11 is 5.71. The lowest BCUT2D eigenvalue weighted by Gasteiger charge is -1.94. The molecular weight excluding hydrogens is 196 g/mol. The molecule has 0 heterocycles. The number of sulfone groups is 1. The maximum Gasteiger partial charge on any atom is 0.175 e. The van der Waals surface area contributed by atoms with Crippen molar-refractivity contribution in [3.8, 4) is 0 Å². The Morgan fingerprint density at radius 2 is 2.08 bits per heavy atom. The highest BCUT2D eigenvalue weighted by Crippen LogP contribution is 2.16. The standard InChI is InChI=1S/C8H9ClO2S/c1-12(10,11)8-4-2-3-7(9)5-6-8/h2,4-6H,3H2,1H3. The molecule has 0 unspecified atom stereocenters. The van der Waals surface area contributed by atoms with Crippen LogP contribution in [0.5, 0.6) is 0 Å². The van der Waals surface area contributed by atoms with E-state index in [0.29, 0.717) is 16.4 Å². The van der Waals surface area contributed by atoms with Crippen LogP contribution in [0.3, 0.4) is 0 Å². The largest absolute Gasteiger partial charge is 0.224 e. The molecule has 0 bridgehead atoms. The second-order valence-electron chi connectivity index (χ2n) is 2.56. The first-order chi connectivity index (χ1) is 5.50. The molecule has 0 aromatic heterocycles. The first-order valence-electron chi connectivity index (χ1n) is 3.43. The second-order valence-corrected chi connectivity index (χ2v) is 5.06. The summed E-state index contributed by atoms with van der Waals surface area (Å²) in [6.45, 7) is 0. The average Bonchev–Trinajstić information content (AvgIpc) is 2.11. The Morgan fingerprint density at radius 3 is 2.67 bits per heavy atom. The minimum absolute atomic E-state index is 0.304. The van der Waals surface area contributed by atoms with Crippen molar-refractivity contribution < 1.29 is 8.42 Å². The lowest BCUT2D eigenvalue weighted by atomic mass is 10.4. The number of allylic oxidation sites excluding steroid dienone is 5. The van der Waals surface area contributed by atoms with Crippen LogP contribution in [0, 0.1) is 0 Å². The average molecular weight is 205 g/mol. The van der Waals surface area contributed by atoms with Crippen LogP contribution in [0.1, 0.15) is 6.42 Å². The molecule has 0 radical (unpaired) electrons. The topological polar surface area (TPSA) is 34.1 Å². The number of hydrogen-bond donors (Lipinski definition) is 0. The smallest absolute Gasteiger partial charge is 0.175 e. The monoisotopic (exact) mass is 204 g/mol. The Labute approximate surface area is 77.1 Å². The van der Waals surface area contributed by atoms with E-state index in [4.69, 9.17) is 11.6 Å². The summed E-state index contributed by atoms with van der Waals surface area (Å²) in [4.78, 5) is 0.304. The lowest BCUT2D eigenvalue weighted by Crippen LogP contribution is -1.97. The third-order valence-electron chi connectivity index (χ3n) is 1.45. The van der Waals surface area contributed by atoms with E-state index < -0.39 is 9.84 Å². The van der Waals surface area contributed by atoms with Crippen LogP contribution in [0.4, 0.5) is 0 Å². The third-order valence-corrected chi connectivity index (χ3v) is 2.86. The van der Waals surface area contributed by atoms with Crippen molar-refractivity contribution in [2.75, 3.05) is 6.26 Å². The van der Waals surface area contributed by atoms with E-state index in [0.717, 1.165) is 0 Å². The molecule has 0 atom stereocenters. The van der Waals surface area contributed by atoms with Gasteiger partial charge in [-0.05, 0) is 18.2 Å². The van der Waals surface area contributed by atoms with Crippen LogP contribution < -0.4 is 0 Å². The Morgan fingerprint density at radius 1 is 1.42 bits per heavy atom. The molecule has 0 aromatic carbocycles. The zero-order valence-electron chi connectivity index (χ0n) is 6.62. The maximum absolute atomic E-state index is 11.1. The van der Waals surface area contributed by atoms with Gasteiger partial charge in [-0.2, -0.15) is 0 Å². The molecule has 66 valence electrons. The van der Waals surface area contributed by atoms with Crippen molar-refractivity contribution in [1.82, 2.24) is 0 Å². The van der Waals surface area contributed by atoms with Gasteiger partial charge in [-0.1, -0.05) is 17.7 Å². The molecule has 0 amide bonds. The molecule has 4 heteroatoms. The fourth-order valence-electron chi connectivity index (χ4n) is 0.831. The maximum atomic E-state index is 11.1. The molecule has 0 fully saturated rings. The first-order valence-corrected chi connectivity index (χ1v) is 5.70. The van der Waals surface area contributed by atoms with E-state index in [1.807, 2.05) is 0 Å². The van der Waals surface area contributed by atoms with E-state index in [-0.39, 0.29) is 0 Å². The van der Waals surface area contributed by atoms with E-state index in [2.05, 4.69) is 0 Å². The minimum atomic E-state index is -3.10. The molecule has 0 spiro atoms. The highest BCUT2D eigenvalue weighted by atomic mass is 35.5. The third kappa shape index (κ3) is 2.50. The number of rotatable bonds is 1. The minimum Gasteiger partial charge on any atom is -0.224 e. The van der Waals surface area contributed by atoms with Gasteiger partial charge in [0.2, 0.25) is 0 Å². The van der Waals surface area contributed by atoms with Crippen LogP contribution in [-0.4, -0.2) is 14.7 Å². The lowest BCUT2D eigenvalue weighted by molar-refractivity contribution is 0.608. The molecule has 0 saturated heterocycles. The van der Waals surface area contributed by atoms with Gasteiger partial charge in [-0.25, -0.2) is 8.42 Å². The Balaban J connectivity index is 3.09. The van der Waals surface area contributed by atoms with Gasteiger partial charge in [0, 0.05) is 17.7 Å². The fraction of sp³-hybridized carbons (Fsp3) is 0.250. The predicted octanol–water partition coefficient (Wildman–Crippen LogP) is 2.00. The van der Waals surface area contributed by atoms with Crippen LogP contribution >= 0.6 is 11.6 Å². The van der Waals surface area contributed by atoms with Crippen molar-refractivity contribution in [2.45, 2.75) is 6.42 Å². The zero-order valence-corrected chi connectivity index (χ0v) is 8.19. The van der Waals surface area contributed by atoms with Crippen LogP contribution in [0.15, 0.2) is 34.2 Å². The molecule has 1 aliphatic rings. The zero-order chi connectivity index (χ0) is 9.19. The summed E-state index contributed by atoms with van der Waals surface area (Å²) in [6.07, 6.45) is 8.20.